The maximum absolute atomic E-state index is 5.65. The second kappa shape index (κ2) is 5.40. The summed E-state index contributed by atoms with van der Waals surface area (Å²) in [4.78, 5) is 4.47. The summed E-state index contributed by atoms with van der Waals surface area (Å²) in [6.45, 7) is 4.25. The number of rotatable bonds is 4. The molecule has 1 aromatic carbocycles. The predicted molar refractivity (Wildman–Crippen MR) is 70.1 cm³/mol. The number of ether oxygens (including phenoxy) is 1. The minimum Gasteiger partial charge on any atom is -0.493 e. The van der Waals surface area contributed by atoms with Crippen LogP contribution in [0.2, 0.25) is 0 Å². The summed E-state index contributed by atoms with van der Waals surface area (Å²) in [5.41, 5.74) is 1.14. The maximum Gasteiger partial charge on any atom is 0.240 e. The highest BCUT2D eigenvalue weighted by atomic mass is 16.5. The Morgan fingerprint density at radius 1 is 1.37 bits per heavy atom. The number of para-hydroxylation sites is 1. The van der Waals surface area contributed by atoms with Gasteiger partial charge in [-0.2, -0.15) is 4.98 Å². The van der Waals surface area contributed by atoms with Crippen molar-refractivity contribution in [1.82, 2.24) is 15.5 Å². The van der Waals surface area contributed by atoms with E-state index in [1.807, 2.05) is 25.1 Å². The molecule has 0 radical (unpaired) electrons. The first-order chi connectivity index (χ1) is 9.38. The molecule has 100 valence electrons. The maximum atomic E-state index is 5.65. The lowest BCUT2D eigenvalue weighted by molar-refractivity contribution is 0.272. The minimum atomic E-state index is 0.170. The Labute approximate surface area is 112 Å². The highest BCUT2D eigenvalue weighted by molar-refractivity contribution is 5.40. The van der Waals surface area contributed by atoms with Crippen LogP contribution in [0.5, 0.6) is 5.75 Å². The van der Waals surface area contributed by atoms with E-state index in [1.54, 1.807) is 0 Å². The van der Waals surface area contributed by atoms with E-state index in [4.69, 9.17) is 9.26 Å². The zero-order valence-electron chi connectivity index (χ0n) is 10.9. The standard InChI is InChI=1S/C14H17N3O2/c1-2-15-9-13-16-14(17-19-13)11-7-8-18-12-6-4-3-5-10(11)12/h3-6,11,15H,2,7-9H2,1H3. The summed E-state index contributed by atoms with van der Waals surface area (Å²) in [5, 5.41) is 7.29. The number of benzene rings is 1. The van der Waals surface area contributed by atoms with Crippen molar-refractivity contribution in [2.24, 2.45) is 0 Å². The van der Waals surface area contributed by atoms with Crippen LogP contribution in [0.4, 0.5) is 0 Å². The number of hydrogen-bond acceptors (Lipinski definition) is 5. The molecule has 1 N–H and O–H groups in total. The first kappa shape index (κ1) is 12.2. The summed E-state index contributed by atoms with van der Waals surface area (Å²) < 4.78 is 10.9. The number of hydrogen-bond donors (Lipinski definition) is 1. The Morgan fingerprint density at radius 3 is 3.16 bits per heavy atom. The van der Waals surface area contributed by atoms with E-state index in [9.17, 15) is 0 Å². The normalized spacial score (nSPS) is 17.8. The van der Waals surface area contributed by atoms with Gasteiger partial charge >= 0.3 is 0 Å². The van der Waals surface area contributed by atoms with Gasteiger partial charge in [-0.3, -0.25) is 0 Å². The van der Waals surface area contributed by atoms with Gasteiger partial charge in [0.2, 0.25) is 5.89 Å². The van der Waals surface area contributed by atoms with Crippen molar-refractivity contribution >= 4 is 0 Å². The number of fused-ring (bicyclic) bond motifs is 1. The SMILES string of the molecule is CCNCc1nc(C2CCOc3ccccc32)no1. The van der Waals surface area contributed by atoms with Crippen LogP contribution in [0.3, 0.4) is 0 Å². The van der Waals surface area contributed by atoms with Crippen molar-refractivity contribution < 1.29 is 9.26 Å². The van der Waals surface area contributed by atoms with Crippen molar-refractivity contribution in [3.05, 3.63) is 41.5 Å². The van der Waals surface area contributed by atoms with Gasteiger partial charge in [-0.05, 0) is 19.0 Å². The van der Waals surface area contributed by atoms with Gasteiger partial charge in [0.1, 0.15) is 5.75 Å². The molecule has 2 aromatic rings. The van der Waals surface area contributed by atoms with Crippen molar-refractivity contribution in [2.75, 3.05) is 13.2 Å². The van der Waals surface area contributed by atoms with Crippen LogP contribution in [0.1, 0.15) is 36.5 Å². The zero-order chi connectivity index (χ0) is 13.1. The summed E-state index contributed by atoms with van der Waals surface area (Å²) in [6, 6.07) is 8.05. The van der Waals surface area contributed by atoms with E-state index >= 15 is 0 Å². The smallest absolute Gasteiger partial charge is 0.240 e. The van der Waals surface area contributed by atoms with Gasteiger partial charge in [-0.25, -0.2) is 0 Å². The summed E-state index contributed by atoms with van der Waals surface area (Å²) in [7, 11) is 0. The highest BCUT2D eigenvalue weighted by Crippen LogP contribution is 2.36. The van der Waals surface area contributed by atoms with Crippen LogP contribution in [0.25, 0.3) is 0 Å². The first-order valence-corrected chi connectivity index (χ1v) is 6.63. The van der Waals surface area contributed by atoms with Crippen LogP contribution in [-0.2, 0) is 6.54 Å². The molecule has 0 saturated heterocycles. The molecule has 1 aliphatic heterocycles. The van der Waals surface area contributed by atoms with Gasteiger partial charge in [0.25, 0.3) is 0 Å². The monoisotopic (exact) mass is 259 g/mol. The van der Waals surface area contributed by atoms with Crippen molar-refractivity contribution in [2.45, 2.75) is 25.8 Å². The fourth-order valence-electron chi connectivity index (χ4n) is 2.32. The van der Waals surface area contributed by atoms with Crippen LogP contribution >= 0.6 is 0 Å². The van der Waals surface area contributed by atoms with Crippen LogP contribution in [0.15, 0.2) is 28.8 Å². The van der Waals surface area contributed by atoms with Gasteiger partial charge in [0.15, 0.2) is 5.82 Å². The van der Waals surface area contributed by atoms with E-state index in [0.717, 1.165) is 30.1 Å². The Kier molecular flexibility index (Phi) is 3.46. The predicted octanol–water partition coefficient (Wildman–Crippen LogP) is 2.09. The first-order valence-electron chi connectivity index (χ1n) is 6.63. The minimum absolute atomic E-state index is 0.170. The molecule has 0 saturated carbocycles. The lowest BCUT2D eigenvalue weighted by atomic mass is 9.92. The van der Waals surface area contributed by atoms with E-state index in [-0.39, 0.29) is 5.92 Å². The van der Waals surface area contributed by atoms with Crippen LogP contribution in [-0.4, -0.2) is 23.3 Å². The molecule has 0 fully saturated rings. The third-order valence-electron chi connectivity index (χ3n) is 3.28. The van der Waals surface area contributed by atoms with Crippen molar-refractivity contribution in [3.63, 3.8) is 0 Å². The number of aromatic nitrogens is 2. The molecule has 1 aromatic heterocycles. The lowest BCUT2D eigenvalue weighted by Crippen LogP contribution is -2.16. The number of nitrogens with zero attached hydrogens (tertiary/aromatic N) is 2. The van der Waals surface area contributed by atoms with Crippen LogP contribution in [0, 0.1) is 0 Å². The molecule has 0 amide bonds. The largest absolute Gasteiger partial charge is 0.493 e. The van der Waals surface area contributed by atoms with E-state index in [0.29, 0.717) is 19.0 Å². The van der Waals surface area contributed by atoms with Gasteiger partial charge in [0, 0.05) is 5.56 Å². The average Bonchev–Trinajstić information content (AvgIpc) is 2.93. The van der Waals surface area contributed by atoms with Gasteiger partial charge < -0.3 is 14.6 Å². The number of nitrogens with one attached hydrogen (secondary N) is 1. The average molecular weight is 259 g/mol. The molecule has 0 bridgehead atoms. The molecule has 5 nitrogen and oxygen atoms in total. The van der Waals surface area contributed by atoms with E-state index in [1.165, 1.54) is 0 Å². The molecule has 1 atom stereocenters. The van der Waals surface area contributed by atoms with Crippen molar-refractivity contribution in [3.8, 4) is 5.75 Å². The third-order valence-corrected chi connectivity index (χ3v) is 3.28. The molecule has 19 heavy (non-hydrogen) atoms. The molecule has 3 rings (SSSR count). The fourth-order valence-corrected chi connectivity index (χ4v) is 2.32. The third kappa shape index (κ3) is 2.46. The Hall–Kier alpha value is -1.88. The van der Waals surface area contributed by atoms with E-state index < -0.39 is 0 Å². The van der Waals surface area contributed by atoms with Gasteiger partial charge in [-0.1, -0.05) is 30.3 Å². The Morgan fingerprint density at radius 2 is 2.26 bits per heavy atom. The Balaban J connectivity index is 1.85. The molecule has 1 aliphatic rings. The summed E-state index contributed by atoms with van der Waals surface area (Å²) in [5.74, 6) is 2.49. The summed E-state index contributed by atoms with van der Waals surface area (Å²) in [6.07, 6.45) is 0.886. The lowest BCUT2D eigenvalue weighted by Gasteiger charge is -2.23. The summed E-state index contributed by atoms with van der Waals surface area (Å²) >= 11 is 0. The highest BCUT2D eigenvalue weighted by Gasteiger charge is 2.26. The van der Waals surface area contributed by atoms with Crippen LogP contribution < -0.4 is 10.1 Å². The molecule has 0 aliphatic carbocycles. The van der Waals surface area contributed by atoms with Gasteiger partial charge in [0.05, 0.1) is 19.1 Å². The molecule has 1 unspecified atom stereocenters. The molecular weight excluding hydrogens is 242 g/mol. The fraction of sp³-hybridized carbons (Fsp3) is 0.429. The van der Waals surface area contributed by atoms with Gasteiger partial charge in [-0.15, -0.1) is 0 Å². The quantitative estimate of drug-likeness (QED) is 0.911. The second-order valence-corrected chi connectivity index (χ2v) is 4.55. The molecular formula is C14H17N3O2. The van der Waals surface area contributed by atoms with Crippen molar-refractivity contribution in [1.29, 1.82) is 0 Å². The zero-order valence-corrected chi connectivity index (χ0v) is 10.9. The Bertz CT molecular complexity index is 553. The van der Waals surface area contributed by atoms with E-state index in [2.05, 4.69) is 21.5 Å². The topological polar surface area (TPSA) is 60.2 Å². The molecule has 2 heterocycles. The molecule has 5 heteroatoms. The second-order valence-electron chi connectivity index (χ2n) is 4.55. The molecule has 0 spiro atoms.